The van der Waals surface area contributed by atoms with E-state index < -0.39 is 10.0 Å². The monoisotopic (exact) mass is 309 g/mol. The van der Waals surface area contributed by atoms with Crippen LogP contribution in [-0.2, 0) is 14.8 Å². The Kier molecular flexibility index (Phi) is 5.19. The Morgan fingerprint density at radius 2 is 1.95 bits per heavy atom. The van der Waals surface area contributed by atoms with Crippen LogP contribution in [-0.4, -0.2) is 38.5 Å². The van der Waals surface area contributed by atoms with Crippen LogP contribution in [0.3, 0.4) is 0 Å². The van der Waals surface area contributed by atoms with Crippen molar-refractivity contribution >= 4 is 16.1 Å². The van der Waals surface area contributed by atoms with Crippen molar-refractivity contribution in [1.82, 2.24) is 4.31 Å². The molecule has 0 aliphatic carbocycles. The molecule has 1 aromatic rings. The maximum absolute atomic E-state index is 12.4. The molecule has 0 saturated carbocycles. The largest absolute Gasteiger partial charge is 0.375 e. The topological polar surface area (TPSA) is 46.6 Å². The van der Waals surface area contributed by atoms with Crippen molar-refractivity contribution < 1.29 is 13.2 Å². The summed E-state index contributed by atoms with van der Waals surface area (Å²) in [4.78, 5) is 0. The van der Waals surface area contributed by atoms with Gasteiger partial charge in [0, 0.05) is 18.5 Å². The van der Waals surface area contributed by atoms with E-state index in [9.17, 15) is 8.42 Å². The fraction of sp³-hybridized carbons (Fsp3) is 0.500. The van der Waals surface area contributed by atoms with E-state index in [0.29, 0.717) is 25.6 Å². The molecule has 1 atom stereocenters. The van der Waals surface area contributed by atoms with Gasteiger partial charge in [0.25, 0.3) is 0 Å². The zero-order valence-electron chi connectivity index (χ0n) is 12.8. The molecule has 1 fully saturated rings. The summed E-state index contributed by atoms with van der Waals surface area (Å²) in [6.07, 6.45) is 1.62. The van der Waals surface area contributed by atoms with Crippen LogP contribution in [0.4, 0.5) is 0 Å². The van der Waals surface area contributed by atoms with Crippen molar-refractivity contribution in [2.75, 3.05) is 19.7 Å². The molecule has 0 radical (unpaired) electrons. The third-order valence-electron chi connectivity index (χ3n) is 3.67. The normalized spacial score (nSPS) is 21.2. The van der Waals surface area contributed by atoms with Gasteiger partial charge in [-0.05, 0) is 24.5 Å². The minimum absolute atomic E-state index is 0.0266. The SMILES string of the molecule is Cc1ccc(C=CS(=O)(=O)N2CCOC(C(C)C)C2)cc1. The molecule has 0 N–H and O–H groups in total. The molecule has 5 heteroatoms. The summed E-state index contributed by atoms with van der Waals surface area (Å²) in [6.45, 7) is 7.40. The quantitative estimate of drug-likeness (QED) is 0.859. The Labute approximate surface area is 127 Å². The van der Waals surface area contributed by atoms with Crippen molar-refractivity contribution in [2.24, 2.45) is 5.92 Å². The van der Waals surface area contributed by atoms with Crippen molar-refractivity contribution in [1.29, 1.82) is 0 Å². The third kappa shape index (κ3) is 4.40. The van der Waals surface area contributed by atoms with E-state index in [2.05, 4.69) is 0 Å². The first-order chi connectivity index (χ1) is 9.88. The molecule has 1 aliphatic heterocycles. The van der Waals surface area contributed by atoms with E-state index in [4.69, 9.17) is 4.74 Å². The second kappa shape index (κ2) is 6.73. The van der Waals surface area contributed by atoms with Crippen LogP contribution >= 0.6 is 0 Å². The molecule has 0 amide bonds. The highest BCUT2D eigenvalue weighted by Gasteiger charge is 2.29. The lowest BCUT2D eigenvalue weighted by Gasteiger charge is -2.33. The lowest BCUT2D eigenvalue weighted by molar-refractivity contribution is -0.0259. The first kappa shape index (κ1) is 16.2. The number of ether oxygens (including phenoxy) is 1. The summed E-state index contributed by atoms with van der Waals surface area (Å²) in [7, 11) is -3.39. The first-order valence-corrected chi connectivity index (χ1v) is 8.75. The average Bonchev–Trinajstić information content (AvgIpc) is 2.47. The van der Waals surface area contributed by atoms with Crippen molar-refractivity contribution in [3.63, 3.8) is 0 Å². The van der Waals surface area contributed by atoms with Gasteiger partial charge >= 0.3 is 0 Å². The van der Waals surface area contributed by atoms with Gasteiger partial charge in [0.2, 0.25) is 10.0 Å². The number of morpholine rings is 1. The second-order valence-electron chi connectivity index (χ2n) is 5.77. The van der Waals surface area contributed by atoms with Crippen LogP contribution in [0.1, 0.15) is 25.0 Å². The van der Waals surface area contributed by atoms with Gasteiger partial charge < -0.3 is 4.74 Å². The molecule has 1 aliphatic rings. The Balaban J connectivity index is 2.09. The molecule has 0 aromatic heterocycles. The minimum Gasteiger partial charge on any atom is -0.375 e. The Hall–Kier alpha value is -1.17. The highest BCUT2D eigenvalue weighted by molar-refractivity contribution is 7.92. The number of benzene rings is 1. The molecule has 2 rings (SSSR count). The molecular formula is C16H23NO3S. The number of rotatable bonds is 4. The van der Waals surface area contributed by atoms with Crippen molar-refractivity contribution in [3.8, 4) is 0 Å². The molecule has 0 spiro atoms. The highest BCUT2D eigenvalue weighted by atomic mass is 32.2. The number of sulfonamides is 1. The summed E-state index contributed by atoms with van der Waals surface area (Å²) >= 11 is 0. The van der Waals surface area contributed by atoms with E-state index >= 15 is 0 Å². The van der Waals surface area contributed by atoms with E-state index in [1.165, 1.54) is 9.71 Å². The van der Waals surface area contributed by atoms with Gasteiger partial charge in [-0.1, -0.05) is 43.7 Å². The van der Waals surface area contributed by atoms with Crippen molar-refractivity contribution in [2.45, 2.75) is 26.9 Å². The van der Waals surface area contributed by atoms with Gasteiger partial charge in [-0.15, -0.1) is 0 Å². The summed E-state index contributed by atoms with van der Waals surface area (Å²) < 4.78 is 31.9. The van der Waals surface area contributed by atoms with Gasteiger partial charge in [-0.3, -0.25) is 0 Å². The molecule has 116 valence electrons. The lowest BCUT2D eigenvalue weighted by Crippen LogP contribution is -2.46. The zero-order valence-corrected chi connectivity index (χ0v) is 13.6. The lowest BCUT2D eigenvalue weighted by atomic mass is 10.1. The molecule has 1 saturated heterocycles. The van der Waals surface area contributed by atoms with Crippen LogP contribution in [0.15, 0.2) is 29.7 Å². The molecule has 4 nitrogen and oxygen atoms in total. The number of nitrogens with zero attached hydrogens (tertiary/aromatic N) is 1. The van der Waals surface area contributed by atoms with Gasteiger partial charge in [-0.25, -0.2) is 8.42 Å². The fourth-order valence-corrected chi connectivity index (χ4v) is 3.40. The van der Waals surface area contributed by atoms with Crippen LogP contribution in [0.5, 0.6) is 0 Å². The third-order valence-corrected chi connectivity index (χ3v) is 5.20. The van der Waals surface area contributed by atoms with E-state index in [0.717, 1.165) is 11.1 Å². The maximum atomic E-state index is 12.4. The first-order valence-electron chi connectivity index (χ1n) is 7.25. The van der Waals surface area contributed by atoms with E-state index in [1.54, 1.807) is 6.08 Å². The Bertz CT molecular complexity index is 590. The zero-order chi connectivity index (χ0) is 15.5. The molecular weight excluding hydrogens is 286 g/mol. The fourth-order valence-electron chi connectivity index (χ4n) is 2.21. The van der Waals surface area contributed by atoms with Gasteiger partial charge in [0.15, 0.2) is 0 Å². The molecule has 0 bridgehead atoms. The number of hydrogen-bond acceptors (Lipinski definition) is 3. The van der Waals surface area contributed by atoms with E-state index in [-0.39, 0.29) is 6.10 Å². The summed E-state index contributed by atoms with van der Waals surface area (Å²) in [5, 5.41) is 1.29. The Morgan fingerprint density at radius 3 is 2.57 bits per heavy atom. The van der Waals surface area contributed by atoms with Crippen LogP contribution in [0, 0.1) is 12.8 Å². The predicted octanol–water partition coefficient (Wildman–Crippen LogP) is 2.65. The van der Waals surface area contributed by atoms with Gasteiger partial charge in [-0.2, -0.15) is 4.31 Å². The minimum atomic E-state index is -3.39. The maximum Gasteiger partial charge on any atom is 0.236 e. The molecule has 1 heterocycles. The van der Waals surface area contributed by atoms with Gasteiger partial charge in [0.05, 0.1) is 12.7 Å². The summed E-state index contributed by atoms with van der Waals surface area (Å²) in [5.41, 5.74) is 2.04. The average molecular weight is 309 g/mol. The summed E-state index contributed by atoms with van der Waals surface area (Å²) in [5.74, 6) is 0.309. The second-order valence-corrected chi connectivity index (χ2v) is 7.59. The van der Waals surface area contributed by atoms with Crippen LogP contribution in [0.25, 0.3) is 6.08 Å². The predicted molar refractivity (Wildman–Crippen MR) is 85.3 cm³/mol. The molecule has 21 heavy (non-hydrogen) atoms. The molecule has 1 aromatic carbocycles. The number of aryl methyl sites for hydroxylation is 1. The van der Waals surface area contributed by atoms with Gasteiger partial charge in [0.1, 0.15) is 0 Å². The Morgan fingerprint density at radius 1 is 1.29 bits per heavy atom. The highest BCUT2D eigenvalue weighted by Crippen LogP contribution is 2.17. The van der Waals surface area contributed by atoms with E-state index in [1.807, 2.05) is 45.0 Å². The number of hydrogen-bond donors (Lipinski definition) is 0. The molecule has 1 unspecified atom stereocenters. The van der Waals surface area contributed by atoms with Crippen molar-refractivity contribution in [3.05, 3.63) is 40.8 Å². The smallest absolute Gasteiger partial charge is 0.236 e. The summed E-state index contributed by atoms with van der Waals surface area (Å²) in [6, 6.07) is 7.76. The standard InChI is InChI=1S/C16H23NO3S/c1-13(2)16-12-17(9-10-20-16)21(18,19)11-8-15-6-4-14(3)5-7-15/h4-8,11,13,16H,9-10,12H2,1-3H3. The van der Waals surface area contributed by atoms with Crippen LogP contribution < -0.4 is 0 Å². The van der Waals surface area contributed by atoms with Crippen LogP contribution in [0.2, 0.25) is 0 Å².